The molecule has 3 aromatic rings. The molecule has 2 aromatic heterocycles. The van der Waals surface area contributed by atoms with E-state index >= 15 is 0 Å². The summed E-state index contributed by atoms with van der Waals surface area (Å²) in [6.07, 6.45) is 3.52. The third kappa shape index (κ3) is 4.12. The second-order valence-electron chi connectivity index (χ2n) is 7.58. The van der Waals surface area contributed by atoms with E-state index in [-0.39, 0.29) is 6.04 Å². The molecule has 150 valence electrons. The second kappa shape index (κ2) is 8.25. The van der Waals surface area contributed by atoms with Gasteiger partial charge in [0.1, 0.15) is 5.15 Å². The highest BCUT2D eigenvalue weighted by molar-refractivity contribution is 6.29. The van der Waals surface area contributed by atoms with Crippen molar-refractivity contribution >= 4 is 34.1 Å². The van der Waals surface area contributed by atoms with Crippen molar-refractivity contribution in [2.75, 3.05) is 29.9 Å². The van der Waals surface area contributed by atoms with Crippen LogP contribution in [-0.2, 0) is 0 Å². The minimum absolute atomic E-state index is 0.277. The molecule has 1 aliphatic rings. The predicted molar refractivity (Wildman–Crippen MR) is 119 cm³/mol. The van der Waals surface area contributed by atoms with Crippen LogP contribution >= 0.6 is 11.6 Å². The number of anilines is 2. The first kappa shape index (κ1) is 19.5. The van der Waals surface area contributed by atoms with Gasteiger partial charge in [0.2, 0.25) is 5.95 Å². The van der Waals surface area contributed by atoms with Crippen LogP contribution in [0, 0.1) is 5.92 Å². The minimum Gasteiger partial charge on any atom is -0.352 e. The number of hydrogen-bond acceptors (Lipinski definition) is 6. The molecular formula is C22H25ClN6. The molecule has 3 heterocycles. The number of pyridine rings is 1. The lowest BCUT2D eigenvalue weighted by Gasteiger charge is -2.45. The van der Waals surface area contributed by atoms with E-state index in [0.29, 0.717) is 17.0 Å². The standard InChI is InChI=1S/C22H25ClN6/c1-15(2)20-14-28(22-25-11-9-21(23)27-22)12-13-29(20)16(3)26-19-8-4-7-18-17(19)6-5-10-24-18/h4-11,15,20,26H,3,12-14H2,1-2H3. The highest BCUT2D eigenvalue weighted by Crippen LogP contribution is 2.27. The van der Waals surface area contributed by atoms with Crippen LogP contribution in [0.3, 0.4) is 0 Å². The first-order chi connectivity index (χ1) is 14.0. The molecule has 29 heavy (non-hydrogen) atoms. The Morgan fingerprint density at radius 3 is 2.79 bits per heavy atom. The predicted octanol–water partition coefficient (Wildman–Crippen LogP) is 4.41. The van der Waals surface area contributed by atoms with E-state index in [2.05, 4.69) is 62.6 Å². The number of nitrogens with one attached hydrogen (secondary N) is 1. The van der Waals surface area contributed by atoms with Crippen molar-refractivity contribution in [1.29, 1.82) is 0 Å². The number of halogens is 1. The van der Waals surface area contributed by atoms with Crippen molar-refractivity contribution in [2.45, 2.75) is 19.9 Å². The summed E-state index contributed by atoms with van der Waals surface area (Å²) in [6, 6.07) is 12.1. The summed E-state index contributed by atoms with van der Waals surface area (Å²) in [6.45, 7) is 11.3. The van der Waals surface area contributed by atoms with Crippen molar-refractivity contribution in [3.63, 3.8) is 0 Å². The van der Waals surface area contributed by atoms with E-state index < -0.39 is 0 Å². The SMILES string of the molecule is C=C(Nc1cccc2ncccc12)N1CCN(c2nccc(Cl)n2)CC1C(C)C. The number of nitrogens with zero attached hydrogens (tertiary/aromatic N) is 5. The van der Waals surface area contributed by atoms with Crippen LogP contribution in [0.25, 0.3) is 10.9 Å². The van der Waals surface area contributed by atoms with Gasteiger partial charge in [-0.05, 0) is 36.2 Å². The Hall–Kier alpha value is -2.86. The average molecular weight is 409 g/mol. The van der Waals surface area contributed by atoms with Crippen molar-refractivity contribution in [1.82, 2.24) is 19.9 Å². The molecule has 0 spiro atoms. The van der Waals surface area contributed by atoms with Crippen LogP contribution in [0.5, 0.6) is 0 Å². The third-order valence-electron chi connectivity index (χ3n) is 5.35. The summed E-state index contributed by atoms with van der Waals surface area (Å²) >= 11 is 6.06. The molecule has 7 heteroatoms. The molecule has 1 fully saturated rings. The fourth-order valence-corrected chi connectivity index (χ4v) is 3.95. The van der Waals surface area contributed by atoms with Gasteiger partial charge in [-0.25, -0.2) is 9.97 Å². The second-order valence-corrected chi connectivity index (χ2v) is 7.96. The normalized spacial score (nSPS) is 17.0. The van der Waals surface area contributed by atoms with Gasteiger partial charge in [0, 0.05) is 43.1 Å². The number of fused-ring (bicyclic) bond motifs is 1. The summed E-state index contributed by atoms with van der Waals surface area (Å²) in [5.74, 6) is 2.01. The molecule has 1 N–H and O–H groups in total. The number of benzene rings is 1. The van der Waals surface area contributed by atoms with Crippen LogP contribution in [0.15, 0.2) is 61.2 Å². The number of rotatable bonds is 5. The Bertz CT molecular complexity index is 1020. The maximum Gasteiger partial charge on any atom is 0.226 e. The maximum atomic E-state index is 6.06. The molecule has 6 nitrogen and oxygen atoms in total. The highest BCUT2D eigenvalue weighted by atomic mass is 35.5. The Kier molecular flexibility index (Phi) is 5.53. The molecule has 1 aliphatic heterocycles. The van der Waals surface area contributed by atoms with Crippen LogP contribution in [0.2, 0.25) is 5.15 Å². The number of aromatic nitrogens is 3. The van der Waals surface area contributed by atoms with E-state index in [1.54, 1.807) is 12.3 Å². The molecule has 1 atom stereocenters. The fourth-order valence-electron chi connectivity index (χ4n) is 3.82. The van der Waals surface area contributed by atoms with Gasteiger partial charge in [-0.15, -0.1) is 0 Å². The van der Waals surface area contributed by atoms with Crippen molar-refractivity contribution in [3.05, 3.63) is 66.3 Å². The Morgan fingerprint density at radius 1 is 1.14 bits per heavy atom. The largest absolute Gasteiger partial charge is 0.352 e. The summed E-state index contributed by atoms with van der Waals surface area (Å²) in [5.41, 5.74) is 1.98. The zero-order valence-corrected chi connectivity index (χ0v) is 17.5. The molecule has 1 saturated heterocycles. The van der Waals surface area contributed by atoms with Crippen molar-refractivity contribution in [3.8, 4) is 0 Å². The van der Waals surface area contributed by atoms with Gasteiger partial charge in [-0.1, -0.05) is 38.1 Å². The Morgan fingerprint density at radius 2 is 2.00 bits per heavy atom. The monoisotopic (exact) mass is 408 g/mol. The van der Waals surface area contributed by atoms with Gasteiger partial charge >= 0.3 is 0 Å². The summed E-state index contributed by atoms with van der Waals surface area (Å²) in [4.78, 5) is 17.8. The molecule has 0 amide bonds. The van der Waals surface area contributed by atoms with Crippen LogP contribution in [0.1, 0.15) is 13.8 Å². The molecule has 1 unspecified atom stereocenters. The van der Waals surface area contributed by atoms with Gasteiger partial charge in [0.15, 0.2) is 0 Å². The molecular weight excluding hydrogens is 384 g/mol. The average Bonchev–Trinajstić information content (AvgIpc) is 2.73. The van der Waals surface area contributed by atoms with Crippen LogP contribution in [-0.4, -0.2) is 45.5 Å². The summed E-state index contributed by atoms with van der Waals surface area (Å²) in [7, 11) is 0. The molecule has 0 radical (unpaired) electrons. The van der Waals surface area contributed by atoms with Crippen molar-refractivity contribution < 1.29 is 0 Å². The van der Waals surface area contributed by atoms with E-state index in [1.807, 2.05) is 24.4 Å². The number of hydrogen-bond donors (Lipinski definition) is 1. The lowest BCUT2D eigenvalue weighted by atomic mass is 9.99. The van der Waals surface area contributed by atoms with Gasteiger partial charge < -0.3 is 15.1 Å². The zero-order chi connectivity index (χ0) is 20.4. The summed E-state index contributed by atoms with van der Waals surface area (Å²) < 4.78 is 0. The van der Waals surface area contributed by atoms with Gasteiger partial charge in [-0.3, -0.25) is 4.98 Å². The minimum atomic E-state index is 0.277. The number of piperazine rings is 1. The van der Waals surface area contributed by atoms with E-state index in [0.717, 1.165) is 42.0 Å². The molecule has 0 aliphatic carbocycles. The maximum absolute atomic E-state index is 6.06. The lowest BCUT2D eigenvalue weighted by Crippen LogP contribution is -2.55. The smallest absolute Gasteiger partial charge is 0.226 e. The molecule has 1 aromatic carbocycles. The molecule has 0 bridgehead atoms. The fraction of sp³-hybridized carbons (Fsp3) is 0.318. The van der Waals surface area contributed by atoms with Gasteiger partial charge in [0.25, 0.3) is 0 Å². The first-order valence-electron chi connectivity index (χ1n) is 9.83. The molecule has 0 saturated carbocycles. The Labute approximate surface area is 176 Å². The summed E-state index contributed by atoms with van der Waals surface area (Å²) in [5, 5.41) is 5.08. The molecule has 4 rings (SSSR count). The van der Waals surface area contributed by atoms with Crippen molar-refractivity contribution in [2.24, 2.45) is 5.92 Å². The van der Waals surface area contributed by atoms with E-state index in [9.17, 15) is 0 Å². The van der Waals surface area contributed by atoms with Crippen LogP contribution in [0.4, 0.5) is 11.6 Å². The van der Waals surface area contributed by atoms with E-state index in [4.69, 9.17) is 11.6 Å². The van der Waals surface area contributed by atoms with Crippen LogP contribution < -0.4 is 10.2 Å². The highest BCUT2D eigenvalue weighted by Gasteiger charge is 2.31. The van der Waals surface area contributed by atoms with Gasteiger partial charge in [0.05, 0.1) is 17.4 Å². The zero-order valence-electron chi connectivity index (χ0n) is 16.7. The lowest BCUT2D eigenvalue weighted by molar-refractivity contribution is 0.183. The first-order valence-corrected chi connectivity index (χ1v) is 10.2. The Balaban J connectivity index is 1.53. The van der Waals surface area contributed by atoms with E-state index in [1.165, 1.54) is 0 Å². The quantitative estimate of drug-likeness (QED) is 0.631. The topological polar surface area (TPSA) is 57.2 Å². The third-order valence-corrected chi connectivity index (χ3v) is 5.56. The van der Waals surface area contributed by atoms with Gasteiger partial charge in [-0.2, -0.15) is 0 Å².